The fraction of sp³-hybridized carbons (Fsp3) is 0.391. The van der Waals surface area contributed by atoms with Gasteiger partial charge in [-0.1, -0.05) is 36.4 Å². The van der Waals surface area contributed by atoms with Crippen LogP contribution in [0.5, 0.6) is 5.75 Å². The summed E-state index contributed by atoms with van der Waals surface area (Å²) in [5.41, 5.74) is 0.931. The number of ether oxygens (including phenoxy) is 2. The molecule has 0 aliphatic heterocycles. The highest BCUT2D eigenvalue weighted by molar-refractivity contribution is 14.1. The SMILES string of the molecule is COc1ccc([C@H](CO)NC(=O)[C@@H](Cc2ccccc2)NC(=O)OC(C)(C)C)cc1I. The molecular formula is C23H29IN2O5. The Morgan fingerprint density at radius 1 is 1.10 bits per heavy atom. The molecule has 0 saturated carbocycles. The van der Waals surface area contributed by atoms with Gasteiger partial charge >= 0.3 is 6.09 Å². The van der Waals surface area contributed by atoms with Gasteiger partial charge in [0.1, 0.15) is 17.4 Å². The number of rotatable bonds is 8. The van der Waals surface area contributed by atoms with Crippen molar-refractivity contribution in [3.63, 3.8) is 0 Å². The van der Waals surface area contributed by atoms with Crippen LogP contribution < -0.4 is 15.4 Å². The van der Waals surface area contributed by atoms with Crippen molar-refractivity contribution in [1.82, 2.24) is 10.6 Å². The number of benzene rings is 2. The Kier molecular flexibility index (Phi) is 9.12. The second-order valence-electron chi connectivity index (χ2n) is 8.03. The molecule has 2 rings (SSSR count). The Morgan fingerprint density at radius 3 is 2.32 bits per heavy atom. The summed E-state index contributed by atoms with van der Waals surface area (Å²) < 4.78 is 11.4. The van der Waals surface area contributed by atoms with Gasteiger partial charge in [-0.3, -0.25) is 4.79 Å². The van der Waals surface area contributed by atoms with E-state index in [1.807, 2.05) is 36.4 Å². The number of alkyl carbamates (subject to hydrolysis) is 1. The summed E-state index contributed by atoms with van der Waals surface area (Å²) in [5, 5.41) is 15.4. The first-order chi connectivity index (χ1) is 14.6. The van der Waals surface area contributed by atoms with E-state index in [2.05, 4.69) is 33.2 Å². The van der Waals surface area contributed by atoms with Gasteiger partial charge < -0.3 is 25.2 Å². The Bertz CT molecular complexity index is 883. The van der Waals surface area contributed by atoms with Gasteiger partial charge in [0.2, 0.25) is 5.91 Å². The lowest BCUT2D eigenvalue weighted by atomic mass is 10.0. The number of aliphatic hydroxyl groups excluding tert-OH is 1. The van der Waals surface area contributed by atoms with Gasteiger partial charge in [0, 0.05) is 6.42 Å². The summed E-state index contributed by atoms with van der Waals surface area (Å²) in [6, 6.07) is 13.3. The molecule has 0 radical (unpaired) electrons. The standard InChI is InChI=1S/C23H29IN2O5/c1-23(2,3)31-22(29)26-18(12-15-8-6-5-7-9-15)21(28)25-19(14-27)16-10-11-20(30-4)17(24)13-16/h5-11,13,18-19,27H,12,14H2,1-4H3,(H,25,28)(H,26,29)/t18-,19+/m1/s1. The monoisotopic (exact) mass is 540 g/mol. The highest BCUT2D eigenvalue weighted by atomic mass is 127. The van der Waals surface area contributed by atoms with Crippen LogP contribution in [-0.4, -0.2) is 42.5 Å². The summed E-state index contributed by atoms with van der Waals surface area (Å²) in [4.78, 5) is 25.4. The molecule has 0 heterocycles. The molecule has 168 valence electrons. The molecule has 0 saturated heterocycles. The number of carbonyl (C=O) groups is 2. The van der Waals surface area contributed by atoms with Crippen molar-refractivity contribution in [2.45, 2.75) is 44.9 Å². The molecule has 0 aliphatic rings. The number of nitrogens with one attached hydrogen (secondary N) is 2. The second kappa shape index (κ2) is 11.3. The topological polar surface area (TPSA) is 96.9 Å². The lowest BCUT2D eigenvalue weighted by Gasteiger charge is -2.25. The molecule has 2 atom stereocenters. The lowest BCUT2D eigenvalue weighted by Crippen LogP contribution is -2.50. The Labute approximate surface area is 196 Å². The maximum Gasteiger partial charge on any atom is 0.408 e. The van der Waals surface area contributed by atoms with Crippen molar-refractivity contribution in [2.75, 3.05) is 13.7 Å². The third-order valence-electron chi connectivity index (χ3n) is 4.37. The predicted octanol–water partition coefficient (Wildman–Crippen LogP) is 3.59. The number of halogens is 1. The van der Waals surface area contributed by atoms with E-state index in [4.69, 9.17) is 9.47 Å². The molecule has 2 aromatic carbocycles. The van der Waals surface area contributed by atoms with E-state index < -0.39 is 29.7 Å². The third-order valence-corrected chi connectivity index (χ3v) is 5.21. The summed E-state index contributed by atoms with van der Waals surface area (Å²) in [6.07, 6.45) is -0.396. The Hall–Kier alpha value is -2.33. The largest absolute Gasteiger partial charge is 0.496 e. The smallest absolute Gasteiger partial charge is 0.408 e. The fourth-order valence-electron chi connectivity index (χ4n) is 2.91. The van der Waals surface area contributed by atoms with Crippen LogP contribution >= 0.6 is 22.6 Å². The van der Waals surface area contributed by atoms with Crippen LogP contribution in [0.1, 0.15) is 37.9 Å². The summed E-state index contributed by atoms with van der Waals surface area (Å²) >= 11 is 2.13. The first-order valence-corrected chi connectivity index (χ1v) is 11.0. The molecule has 3 N–H and O–H groups in total. The van der Waals surface area contributed by atoms with Gasteiger partial charge in [0.25, 0.3) is 0 Å². The highest BCUT2D eigenvalue weighted by Crippen LogP contribution is 2.25. The Morgan fingerprint density at radius 2 is 1.77 bits per heavy atom. The van der Waals surface area contributed by atoms with Crippen LogP contribution in [0.15, 0.2) is 48.5 Å². The van der Waals surface area contributed by atoms with Crippen molar-refractivity contribution in [2.24, 2.45) is 0 Å². The van der Waals surface area contributed by atoms with Gasteiger partial charge in [0.15, 0.2) is 0 Å². The molecule has 0 fully saturated rings. The fourth-order valence-corrected chi connectivity index (χ4v) is 3.67. The molecule has 0 spiro atoms. The zero-order valence-corrected chi connectivity index (χ0v) is 20.3. The molecule has 2 aromatic rings. The van der Waals surface area contributed by atoms with Crippen LogP contribution in [0, 0.1) is 3.57 Å². The van der Waals surface area contributed by atoms with E-state index >= 15 is 0 Å². The predicted molar refractivity (Wildman–Crippen MR) is 127 cm³/mol. The van der Waals surface area contributed by atoms with Crippen LogP contribution in [0.2, 0.25) is 0 Å². The second-order valence-corrected chi connectivity index (χ2v) is 9.19. The van der Waals surface area contributed by atoms with Gasteiger partial charge in [0.05, 0.1) is 23.3 Å². The minimum Gasteiger partial charge on any atom is -0.496 e. The van der Waals surface area contributed by atoms with Gasteiger partial charge in [-0.25, -0.2) is 4.79 Å². The molecule has 0 unspecified atom stereocenters. The first-order valence-electron chi connectivity index (χ1n) is 9.91. The molecule has 0 aromatic heterocycles. The van der Waals surface area contributed by atoms with Crippen LogP contribution in [-0.2, 0) is 16.0 Å². The van der Waals surface area contributed by atoms with E-state index in [0.29, 0.717) is 5.75 Å². The van der Waals surface area contributed by atoms with Crippen molar-refractivity contribution < 1.29 is 24.2 Å². The van der Waals surface area contributed by atoms with Crippen LogP contribution in [0.25, 0.3) is 0 Å². The lowest BCUT2D eigenvalue weighted by molar-refractivity contribution is -0.124. The van der Waals surface area contributed by atoms with Crippen molar-refractivity contribution >= 4 is 34.6 Å². The minimum absolute atomic E-state index is 0.282. The molecular weight excluding hydrogens is 511 g/mol. The Balaban J connectivity index is 2.19. The minimum atomic E-state index is -0.872. The average molecular weight is 540 g/mol. The normalized spacial score (nSPS) is 13.1. The van der Waals surface area contributed by atoms with E-state index in [-0.39, 0.29) is 13.0 Å². The molecule has 31 heavy (non-hydrogen) atoms. The molecule has 8 heteroatoms. The maximum atomic E-state index is 13.1. The third kappa shape index (κ3) is 8.02. The van der Waals surface area contributed by atoms with Crippen molar-refractivity contribution in [1.29, 1.82) is 0 Å². The quantitative estimate of drug-likeness (QED) is 0.445. The zero-order chi connectivity index (χ0) is 23.0. The van der Waals surface area contributed by atoms with Crippen molar-refractivity contribution in [3.8, 4) is 5.75 Å². The van der Waals surface area contributed by atoms with Gasteiger partial charge in [-0.15, -0.1) is 0 Å². The molecule has 0 bridgehead atoms. The van der Waals surface area contributed by atoms with E-state index in [0.717, 1.165) is 14.7 Å². The summed E-state index contributed by atoms with van der Waals surface area (Å²) in [6.45, 7) is 4.97. The molecule has 7 nitrogen and oxygen atoms in total. The van der Waals surface area contributed by atoms with E-state index in [1.165, 1.54) is 0 Å². The number of methoxy groups -OCH3 is 1. The average Bonchev–Trinajstić information content (AvgIpc) is 2.70. The zero-order valence-electron chi connectivity index (χ0n) is 18.1. The van der Waals surface area contributed by atoms with E-state index in [9.17, 15) is 14.7 Å². The summed E-state index contributed by atoms with van der Waals surface area (Å²) in [5.74, 6) is 0.292. The number of hydrogen-bond donors (Lipinski definition) is 3. The maximum absolute atomic E-state index is 13.1. The number of amides is 2. The summed E-state index contributed by atoms with van der Waals surface area (Å²) in [7, 11) is 1.58. The van der Waals surface area contributed by atoms with Crippen LogP contribution in [0.4, 0.5) is 4.79 Å². The highest BCUT2D eigenvalue weighted by Gasteiger charge is 2.27. The van der Waals surface area contributed by atoms with E-state index in [1.54, 1.807) is 40.0 Å². The van der Waals surface area contributed by atoms with Crippen LogP contribution in [0.3, 0.4) is 0 Å². The molecule has 0 aliphatic carbocycles. The number of aliphatic hydroxyl groups is 1. The molecule has 2 amide bonds. The number of carbonyl (C=O) groups excluding carboxylic acids is 2. The van der Waals surface area contributed by atoms with Gasteiger partial charge in [-0.05, 0) is 66.6 Å². The van der Waals surface area contributed by atoms with Crippen molar-refractivity contribution in [3.05, 3.63) is 63.2 Å². The first kappa shape index (κ1) is 24.9. The van der Waals surface area contributed by atoms with Gasteiger partial charge in [-0.2, -0.15) is 0 Å². The number of hydrogen-bond acceptors (Lipinski definition) is 5.